The molecule has 3 aromatic heterocycles. The molecule has 7 rings (SSSR count). The Bertz CT molecular complexity index is 1940. The number of pyridine rings is 1. The first kappa shape index (κ1) is 28.9. The number of rotatable bonds is 10. The molecular formula is C31H28ClFN6O6. The maximum absolute atomic E-state index is 14.9. The third-order valence-electron chi connectivity index (χ3n) is 7.86. The van der Waals surface area contributed by atoms with E-state index in [-0.39, 0.29) is 23.8 Å². The van der Waals surface area contributed by atoms with Crippen LogP contribution in [0.2, 0.25) is 5.02 Å². The molecule has 5 aromatic rings. The molecule has 2 aromatic carbocycles. The van der Waals surface area contributed by atoms with Gasteiger partial charge in [0.15, 0.2) is 5.82 Å². The number of carbonyl (C=O) groups is 1. The topological polar surface area (TPSA) is 128 Å². The van der Waals surface area contributed by atoms with Crippen molar-refractivity contribution in [3.05, 3.63) is 76.3 Å². The van der Waals surface area contributed by atoms with Crippen molar-refractivity contribution in [3.63, 3.8) is 0 Å². The monoisotopic (exact) mass is 634 g/mol. The van der Waals surface area contributed by atoms with E-state index in [9.17, 15) is 14.3 Å². The standard InChI is InChI=1S/C31H28ClFN6O6/c1-42-28-13-21-22(32)6-5-18(30(21)45-28)16-44-27-4-2-3-25(35-27)37-8-9-38(34-17-37)15-26-36-29-23(33)11-19(31(40)41)12-24(29)39(26)14-20-7-10-43-20/h2-6,11-13,17,20H,7-10,14-16H2,1H3,(H,40,41)/t20-/m0/s1. The second-order valence-corrected chi connectivity index (χ2v) is 11.1. The zero-order valence-electron chi connectivity index (χ0n) is 24.2. The number of anilines is 1. The number of imidazole rings is 1. The average molecular weight is 635 g/mol. The lowest BCUT2D eigenvalue weighted by atomic mass is 10.1. The molecule has 5 heterocycles. The fourth-order valence-corrected chi connectivity index (χ4v) is 5.58. The summed E-state index contributed by atoms with van der Waals surface area (Å²) in [6.45, 7) is 2.75. The van der Waals surface area contributed by atoms with Gasteiger partial charge in [-0.15, -0.1) is 0 Å². The van der Waals surface area contributed by atoms with Crippen LogP contribution in [0.3, 0.4) is 0 Å². The van der Waals surface area contributed by atoms with Gasteiger partial charge in [-0.25, -0.2) is 14.2 Å². The van der Waals surface area contributed by atoms with E-state index in [1.54, 1.807) is 24.5 Å². The summed E-state index contributed by atoms with van der Waals surface area (Å²) in [5.74, 6) is 0.155. The quantitative estimate of drug-likeness (QED) is 0.216. The molecule has 1 saturated heterocycles. The van der Waals surface area contributed by atoms with Crippen LogP contribution >= 0.6 is 11.6 Å². The summed E-state index contributed by atoms with van der Waals surface area (Å²) in [6, 6.07) is 13.3. The molecule has 0 unspecified atom stereocenters. The number of furan rings is 1. The van der Waals surface area contributed by atoms with Gasteiger partial charge in [-0.05, 0) is 30.7 Å². The van der Waals surface area contributed by atoms with Gasteiger partial charge >= 0.3 is 5.97 Å². The van der Waals surface area contributed by atoms with Crippen molar-refractivity contribution in [1.82, 2.24) is 19.5 Å². The van der Waals surface area contributed by atoms with Crippen LogP contribution in [-0.2, 0) is 24.4 Å². The molecule has 0 bridgehead atoms. The van der Waals surface area contributed by atoms with E-state index in [4.69, 9.17) is 30.2 Å². The van der Waals surface area contributed by atoms with E-state index < -0.39 is 11.8 Å². The van der Waals surface area contributed by atoms with Gasteiger partial charge < -0.3 is 33.2 Å². The number of aromatic nitrogens is 3. The van der Waals surface area contributed by atoms with Crippen molar-refractivity contribution in [2.75, 3.05) is 31.7 Å². The number of hydrogen-bond donors (Lipinski definition) is 1. The number of aromatic carboxylic acids is 1. The van der Waals surface area contributed by atoms with Gasteiger partial charge in [0, 0.05) is 36.2 Å². The van der Waals surface area contributed by atoms with E-state index in [1.807, 2.05) is 32.7 Å². The van der Waals surface area contributed by atoms with Crippen LogP contribution in [0.4, 0.5) is 10.2 Å². The average Bonchev–Trinajstić information content (AvgIpc) is 3.62. The molecule has 0 radical (unpaired) electrons. The van der Waals surface area contributed by atoms with Crippen LogP contribution in [0.5, 0.6) is 11.8 Å². The molecule has 1 fully saturated rings. The number of hydrazone groups is 1. The summed E-state index contributed by atoms with van der Waals surface area (Å²) in [5, 5.41) is 17.2. The number of halogens is 2. The van der Waals surface area contributed by atoms with Crippen molar-refractivity contribution < 1.29 is 32.9 Å². The smallest absolute Gasteiger partial charge is 0.335 e. The molecule has 1 N–H and O–H groups in total. The number of hydrogen-bond acceptors (Lipinski definition) is 10. The van der Waals surface area contributed by atoms with Gasteiger partial charge in [-0.2, -0.15) is 10.1 Å². The second-order valence-electron chi connectivity index (χ2n) is 10.7. The van der Waals surface area contributed by atoms with Crippen LogP contribution in [0.1, 0.15) is 28.2 Å². The maximum atomic E-state index is 14.9. The Kier molecular flexibility index (Phi) is 7.63. The lowest BCUT2D eigenvalue weighted by molar-refractivity contribution is -0.0592. The Labute approximate surface area is 261 Å². The summed E-state index contributed by atoms with van der Waals surface area (Å²) >= 11 is 6.32. The largest absolute Gasteiger partial charge is 0.478 e. The summed E-state index contributed by atoms with van der Waals surface area (Å²) in [4.78, 5) is 22.7. The molecule has 0 spiro atoms. The molecule has 2 aliphatic rings. The third-order valence-corrected chi connectivity index (χ3v) is 8.19. The van der Waals surface area contributed by atoms with Crippen molar-refractivity contribution in [2.45, 2.75) is 32.2 Å². The highest BCUT2D eigenvalue weighted by atomic mass is 35.5. The number of benzene rings is 2. The van der Waals surface area contributed by atoms with E-state index in [1.165, 1.54) is 13.2 Å². The molecule has 0 aliphatic carbocycles. The first-order valence-electron chi connectivity index (χ1n) is 14.3. The van der Waals surface area contributed by atoms with Gasteiger partial charge in [0.2, 0.25) is 5.88 Å². The minimum Gasteiger partial charge on any atom is -0.478 e. The summed E-state index contributed by atoms with van der Waals surface area (Å²) in [7, 11) is 1.53. The highest BCUT2D eigenvalue weighted by Gasteiger charge is 2.25. The second kappa shape index (κ2) is 11.9. The number of ether oxygens (including phenoxy) is 3. The highest BCUT2D eigenvalue weighted by molar-refractivity contribution is 6.35. The molecule has 2 aliphatic heterocycles. The normalized spacial score (nSPS) is 16.4. The van der Waals surface area contributed by atoms with Crippen LogP contribution < -0.4 is 14.4 Å². The zero-order chi connectivity index (χ0) is 31.1. The summed E-state index contributed by atoms with van der Waals surface area (Å²) < 4.78 is 39.3. The van der Waals surface area contributed by atoms with E-state index in [0.29, 0.717) is 72.4 Å². The number of nitrogens with zero attached hydrogens (tertiary/aromatic N) is 6. The molecule has 1 atom stereocenters. The third kappa shape index (κ3) is 5.71. The Morgan fingerprint density at radius 3 is 2.78 bits per heavy atom. The zero-order valence-corrected chi connectivity index (χ0v) is 24.9. The van der Waals surface area contributed by atoms with Gasteiger partial charge in [0.25, 0.3) is 5.95 Å². The molecular weight excluding hydrogens is 607 g/mol. The summed E-state index contributed by atoms with van der Waals surface area (Å²) in [6.07, 6.45) is 2.51. The Hall–Kier alpha value is -4.88. The molecule has 0 saturated carbocycles. The van der Waals surface area contributed by atoms with E-state index in [2.05, 4.69) is 15.1 Å². The Morgan fingerprint density at radius 2 is 2.04 bits per heavy atom. The fraction of sp³-hybridized carbons (Fsp3) is 0.290. The van der Waals surface area contributed by atoms with Gasteiger partial charge in [0.1, 0.15) is 35.7 Å². The molecule has 45 heavy (non-hydrogen) atoms. The number of carboxylic acid groups (broad SMARTS) is 1. The minimum atomic E-state index is -1.20. The molecule has 14 heteroatoms. The predicted molar refractivity (Wildman–Crippen MR) is 164 cm³/mol. The summed E-state index contributed by atoms with van der Waals surface area (Å²) in [5.41, 5.74) is 1.82. The minimum absolute atomic E-state index is 0.0359. The van der Waals surface area contributed by atoms with Crippen LogP contribution in [0.25, 0.3) is 22.0 Å². The van der Waals surface area contributed by atoms with Crippen LogP contribution in [0.15, 0.2) is 58.0 Å². The van der Waals surface area contributed by atoms with Crippen molar-refractivity contribution in [2.24, 2.45) is 5.10 Å². The number of fused-ring (bicyclic) bond motifs is 2. The fourth-order valence-electron chi connectivity index (χ4n) is 5.37. The first-order chi connectivity index (χ1) is 21.9. The highest BCUT2D eigenvalue weighted by Crippen LogP contribution is 2.33. The van der Waals surface area contributed by atoms with Crippen molar-refractivity contribution in [1.29, 1.82) is 0 Å². The van der Waals surface area contributed by atoms with E-state index in [0.717, 1.165) is 23.4 Å². The van der Waals surface area contributed by atoms with E-state index >= 15 is 0 Å². The predicted octanol–water partition coefficient (Wildman–Crippen LogP) is 5.31. The number of methoxy groups -OCH3 is 1. The number of carboxylic acids is 1. The van der Waals surface area contributed by atoms with Crippen molar-refractivity contribution in [3.8, 4) is 11.8 Å². The van der Waals surface area contributed by atoms with Gasteiger partial charge in [-0.1, -0.05) is 23.7 Å². The SMILES string of the molecule is COc1cc2c(Cl)ccc(COc3cccc(N4C=NN(Cc5nc6c(F)cc(C(=O)O)cc6n5C[C@@H]5CCO5)CC4)n3)c2o1. The Morgan fingerprint density at radius 1 is 1.18 bits per heavy atom. The lowest BCUT2D eigenvalue weighted by Crippen LogP contribution is -2.38. The lowest BCUT2D eigenvalue weighted by Gasteiger charge is -2.30. The maximum Gasteiger partial charge on any atom is 0.335 e. The first-order valence-corrected chi connectivity index (χ1v) is 14.7. The van der Waals surface area contributed by atoms with Crippen LogP contribution in [-0.4, -0.2) is 69.9 Å². The van der Waals surface area contributed by atoms with Gasteiger partial charge in [0.05, 0.1) is 49.0 Å². The molecule has 0 amide bonds. The Balaban J connectivity index is 1.06. The molecule has 12 nitrogen and oxygen atoms in total. The van der Waals surface area contributed by atoms with Crippen molar-refractivity contribution >= 4 is 51.7 Å². The van der Waals surface area contributed by atoms with Gasteiger partial charge in [-0.3, -0.25) is 5.01 Å². The molecule has 232 valence electrons. The van der Waals surface area contributed by atoms with Crippen LogP contribution in [0, 0.1) is 5.82 Å².